The zero-order chi connectivity index (χ0) is 14.6. The van der Waals surface area contributed by atoms with E-state index in [1.54, 1.807) is 0 Å². The summed E-state index contributed by atoms with van der Waals surface area (Å²) in [6.45, 7) is 11.0. The average molecular weight is 276 g/mol. The molecule has 1 fully saturated rings. The Kier molecular flexibility index (Phi) is 4.71. The number of rotatable bonds is 5. The van der Waals surface area contributed by atoms with Gasteiger partial charge in [0, 0.05) is 17.6 Å². The fourth-order valence-electron chi connectivity index (χ4n) is 3.43. The van der Waals surface area contributed by atoms with Crippen LogP contribution in [0.15, 0.2) is 30.3 Å². The van der Waals surface area contributed by atoms with Crippen LogP contribution in [0.4, 0.5) is 5.69 Å². The lowest BCUT2D eigenvalue weighted by molar-refractivity contribution is -0.0404. The lowest BCUT2D eigenvalue weighted by atomic mass is 9.80. The van der Waals surface area contributed by atoms with Crippen LogP contribution < -0.4 is 5.48 Å². The van der Waals surface area contributed by atoms with Crippen LogP contribution in [0.1, 0.15) is 47.0 Å². The molecule has 0 atom stereocenters. The molecule has 0 aliphatic carbocycles. The molecule has 0 bridgehead atoms. The van der Waals surface area contributed by atoms with Crippen molar-refractivity contribution < 1.29 is 4.84 Å². The molecule has 1 aromatic rings. The Morgan fingerprint density at radius 1 is 1.05 bits per heavy atom. The van der Waals surface area contributed by atoms with Crippen LogP contribution in [-0.2, 0) is 4.84 Å². The van der Waals surface area contributed by atoms with E-state index in [9.17, 15) is 0 Å². The van der Waals surface area contributed by atoms with Crippen molar-refractivity contribution in [1.82, 2.24) is 4.90 Å². The smallest absolute Gasteiger partial charge is 0.0873 e. The quantitative estimate of drug-likeness (QED) is 0.648. The van der Waals surface area contributed by atoms with Crippen molar-refractivity contribution in [2.45, 2.75) is 58.0 Å². The summed E-state index contributed by atoms with van der Waals surface area (Å²) in [6.07, 6.45) is 3.85. The van der Waals surface area contributed by atoms with Gasteiger partial charge < -0.3 is 0 Å². The highest BCUT2D eigenvalue weighted by Gasteiger charge is 2.40. The van der Waals surface area contributed by atoms with Gasteiger partial charge in [0.2, 0.25) is 0 Å². The molecule has 1 aliphatic heterocycles. The third kappa shape index (κ3) is 3.74. The third-order valence-corrected chi connectivity index (χ3v) is 4.42. The zero-order valence-electron chi connectivity index (χ0n) is 13.3. The molecule has 1 saturated heterocycles. The van der Waals surface area contributed by atoms with E-state index in [1.807, 2.05) is 30.3 Å². The highest BCUT2D eigenvalue weighted by molar-refractivity contribution is 5.39. The van der Waals surface area contributed by atoms with Crippen molar-refractivity contribution in [1.29, 1.82) is 0 Å². The Morgan fingerprint density at radius 3 is 2.25 bits per heavy atom. The van der Waals surface area contributed by atoms with Gasteiger partial charge in [0.25, 0.3) is 0 Å². The van der Waals surface area contributed by atoms with Gasteiger partial charge in [0.15, 0.2) is 0 Å². The number of likely N-dealkylation sites (tertiary alicyclic amines) is 1. The maximum Gasteiger partial charge on any atom is 0.0873 e. The van der Waals surface area contributed by atoms with Crippen molar-refractivity contribution in [3.63, 3.8) is 0 Å². The van der Waals surface area contributed by atoms with Crippen LogP contribution in [-0.4, -0.2) is 29.1 Å². The molecule has 3 nitrogen and oxygen atoms in total. The molecule has 20 heavy (non-hydrogen) atoms. The molecular formula is C17H28N2O. The molecule has 0 unspecified atom stereocenters. The Morgan fingerprint density at radius 2 is 1.65 bits per heavy atom. The predicted octanol–water partition coefficient (Wildman–Crippen LogP) is 4.07. The molecule has 1 N–H and O–H groups in total. The first kappa shape index (κ1) is 15.3. The van der Waals surface area contributed by atoms with Crippen molar-refractivity contribution in [3.8, 4) is 0 Å². The van der Waals surface area contributed by atoms with Crippen molar-refractivity contribution in [2.75, 3.05) is 18.6 Å². The molecule has 0 saturated carbocycles. The minimum absolute atomic E-state index is 0.262. The number of nitrogens with one attached hydrogen (secondary N) is 1. The molecule has 1 aromatic carbocycles. The van der Waals surface area contributed by atoms with Crippen LogP contribution in [0, 0.1) is 0 Å². The van der Waals surface area contributed by atoms with Gasteiger partial charge in [-0.3, -0.25) is 15.2 Å². The topological polar surface area (TPSA) is 24.5 Å². The summed E-state index contributed by atoms with van der Waals surface area (Å²) in [6, 6.07) is 10.0. The van der Waals surface area contributed by atoms with E-state index in [1.165, 1.54) is 19.3 Å². The second-order valence-corrected chi connectivity index (χ2v) is 6.95. The predicted molar refractivity (Wildman–Crippen MR) is 84.7 cm³/mol. The monoisotopic (exact) mass is 276 g/mol. The molecule has 3 heteroatoms. The van der Waals surface area contributed by atoms with Gasteiger partial charge >= 0.3 is 0 Å². The summed E-state index contributed by atoms with van der Waals surface area (Å²) in [7, 11) is 0. The van der Waals surface area contributed by atoms with Gasteiger partial charge in [-0.1, -0.05) is 18.2 Å². The van der Waals surface area contributed by atoms with Crippen LogP contribution >= 0.6 is 0 Å². The van der Waals surface area contributed by atoms with E-state index in [4.69, 9.17) is 4.84 Å². The molecule has 2 rings (SSSR count). The van der Waals surface area contributed by atoms with Gasteiger partial charge in [0.1, 0.15) is 0 Å². The van der Waals surface area contributed by atoms with Gasteiger partial charge in [-0.25, -0.2) is 0 Å². The largest absolute Gasteiger partial charge is 0.291 e. The Balaban J connectivity index is 1.83. The van der Waals surface area contributed by atoms with Gasteiger partial charge in [-0.15, -0.1) is 0 Å². The van der Waals surface area contributed by atoms with E-state index in [0.717, 1.165) is 12.2 Å². The van der Waals surface area contributed by atoms with Crippen molar-refractivity contribution in [2.24, 2.45) is 0 Å². The summed E-state index contributed by atoms with van der Waals surface area (Å²) in [5.74, 6) is 0. The maximum absolute atomic E-state index is 5.62. The molecule has 0 aromatic heterocycles. The maximum atomic E-state index is 5.62. The molecule has 1 aliphatic rings. The van der Waals surface area contributed by atoms with Crippen LogP contribution in [0.3, 0.4) is 0 Å². The molecule has 0 amide bonds. The van der Waals surface area contributed by atoms with Gasteiger partial charge in [-0.2, -0.15) is 0 Å². The Labute approximate surface area is 123 Å². The minimum Gasteiger partial charge on any atom is -0.291 e. The van der Waals surface area contributed by atoms with Crippen molar-refractivity contribution >= 4 is 5.69 Å². The normalized spacial score (nSPS) is 21.6. The fourth-order valence-corrected chi connectivity index (χ4v) is 3.43. The number of nitrogens with zero attached hydrogens (tertiary/aromatic N) is 1. The van der Waals surface area contributed by atoms with Crippen molar-refractivity contribution in [3.05, 3.63) is 30.3 Å². The fraction of sp³-hybridized carbons (Fsp3) is 0.647. The summed E-state index contributed by atoms with van der Waals surface area (Å²) < 4.78 is 0. The number of benzene rings is 1. The number of hydrogen-bond acceptors (Lipinski definition) is 3. The molecule has 0 radical (unpaired) electrons. The lowest BCUT2D eigenvalue weighted by Gasteiger charge is -2.53. The molecule has 0 spiro atoms. The summed E-state index contributed by atoms with van der Waals surface area (Å²) in [4.78, 5) is 8.21. The Hall–Kier alpha value is -1.06. The first-order valence-corrected chi connectivity index (χ1v) is 7.62. The number of hydrogen-bond donors (Lipinski definition) is 1. The van der Waals surface area contributed by atoms with E-state index in [-0.39, 0.29) is 11.1 Å². The summed E-state index contributed by atoms with van der Waals surface area (Å²) in [5.41, 5.74) is 4.54. The standard InChI is InChI=1S/C17H28N2O/c1-16(2)11-8-12-17(3,4)19(16)13-14-20-18-15-9-6-5-7-10-15/h5-7,9-10,18H,8,11-14H2,1-4H3. The number of piperidine rings is 1. The third-order valence-electron chi connectivity index (χ3n) is 4.42. The molecule has 112 valence electrons. The lowest BCUT2D eigenvalue weighted by Crippen LogP contribution is -2.59. The molecule has 1 heterocycles. The summed E-state index contributed by atoms with van der Waals surface area (Å²) in [5, 5.41) is 0. The van der Waals surface area contributed by atoms with E-state index >= 15 is 0 Å². The first-order chi connectivity index (χ1) is 9.42. The van der Waals surface area contributed by atoms with Crippen LogP contribution in [0.25, 0.3) is 0 Å². The average Bonchev–Trinajstić information content (AvgIpc) is 2.37. The SMILES string of the molecule is CC1(C)CCCC(C)(C)N1CCONc1ccccc1. The van der Waals surface area contributed by atoms with Gasteiger partial charge in [0.05, 0.1) is 12.3 Å². The highest BCUT2D eigenvalue weighted by atomic mass is 16.6. The first-order valence-electron chi connectivity index (χ1n) is 7.62. The van der Waals surface area contributed by atoms with Crippen LogP contribution in [0.2, 0.25) is 0 Å². The number of anilines is 1. The summed E-state index contributed by atoms with van der Waals surface area (Å²) >= 11 is 0. The number of para-hydroxylation sites is 1. The van der Waals surface area contributed by atoms with E-state index in [2.05, 4.69) is 38.1 Å². The van der Waals surface area contributed by atoms with Crippen LogP contribution in [0.5, 0.6) is 0 Å². The Bertz CT molecular complexity index is 398. The zero-order valence-corrected chi connectivity index (χ0v) is 13.3. The van der Waals surface area contributed by atoms with E-state index < -0.39 is 0 Å². The van der Waals surface area contributed by atoms with Gasteiger partial charge in [-0.05, 0) is 59.1 Å². The minimum atomic E-state index is 0.262. The highest BCUT2D eigenvalue weighted by Crippen LogP contribution is 2.37. The second-order valence-electron chi connectivity index (χ2n) is 6.95. The second kappa shape index (κ2) is 6.15. The van der Waals surface area contributed by atoms with E-state index in [0.29, 0.717) is 6.61 Å². The molecular weight excluding hydrogens is 248 g/mol.